The van der Waals surface area contributed by atoms with Gasteiger partial charge in [-0.2, -0.15) is 0 Å². The van der Waals surface area contributed by atoms with Crippen molar-refractivity contribution in [2.24, 2.45) is 0 Å². The van der Waals surface area contributed by atoms with Gasteiger partial charge >= 0.3 is 0 Å². The quantitative estimate of drug-likeness (QED) is 0.278. The molecule has 0 unspecified atom stereocenters. The van der Waals surface area contributed by atoms with Crippen molar-refractivity contribution in [2.45, 2.75) is 0 Å². The van der Waals surface area contributed by atoms with Gasteiger partial charge in [-0.3, -0.25) is 4.57 Å². The molecule has 7 rings (SSSR count). The summed E-state index contributed by atoms with van der Waals surface area (Å²) in [6.07, 6.45) is 4.07. The first-order chi connectivity index (χ1) is 16.9. The third-order valence-corrected chi connectivity index (χ3v) is 6.62. The molecule has 0 spiro atoms. The first-order valence-electron chi connectivity index (χ1n) is 11.5. The Kier molecular flexibility index (Phi) is 4.15. The van der Waals surface area contributed by atoms with Crippen LogP contribution in [0, 0.1) is 0 Å². The molecule has 0 aliphatic carbocycles. The van der Waals surface area contributed by atoms with Crippen LogP contribution in [0.5, 0.6) is 0 Å². The number of hydrogen-bond donors (Lipinski definition) is 0. The summed E-state index contributed by atoms with van der Waals surface area (Å²) < 4.78 is 4.57. The van der Waals surface area contributed by atoms with E-state index in [2.05, 4.69) is 125 Å². The fraction of sp³-hybridized carbons (Fsp3) is 0. The predicted molar refractivity (Wildman–Crippen MR) is 141 cm³/mol. The SMILES string of the molecule is c1ccc(-c2ccnc(-n3c4ccccc4c4ccc5c(ccn5-c5ccccc5)c43)c2)cc1. The molecule has 0 fully saturated rings. The zero-order chi connectivity index (χ0) is 22.5. The molecule has 0 N–H and O–H groups in total. The molecule has 3 heterocycles. The van der Waals surface area contributed by atoms with Gasteiger partial charge in [0.25, 0.3) is 0 Å². The Hall–Kier alpha value is -4.63. The second-order valence-electron chi connectivity index (χ2n) is 8.54. The molecule has 0 saturated heterocycles. The molecule has 0 aliphatic rings. The Morgan fingerprint density at radius 1 is 0.529 bits per heavy atom. The van der Waals surface area contributed by atoms with Crippen LogP contribution in [0.15, 0.2) is 128 Å². The Morgan fingerprint density at radius 3 is 2.15 bits per heavy atom. The molecular formula is C31H21N3. The van der Waals surface area contributed by atoms with Gasteiger partial charge in [0, 0.05) is 34.2 Å². The highest BCUT2D eigenvalue weighted by molar-refractivity contribution is 6.18. The van der Waals surface area contributed by atoms with Crippen LogP contribution in [0.1, 0.15) is 0 Å². The van der Waals surface area contributed by atoms with Gasteiger partial charge in [-0.15, -0.1) is 0 Å². The lowest BCUT2D eigenvalue weighted by molar-refractivity contribution is 1.08. The van der Waals surface area contributed by atoms with Crippen molar-refractivity contribution in [2.75, 3.05) is 0 Å². The Morgan fingerprint density at radius 2 is 1.29 bits per heavy atom. The molecule has 0 saturated carbocycles. The van der Waals surface area contributed by atoms with E-state index in [1.54, 1.807) is 0 Å². The Bertz CT molecular complexity index is 1790. The van der Waals surface area contributed by atoms with Gasteiger partial charge in [0.05, 0.1) is 16.6 Å². The van der Waals surface area contributed by atoms with Gasteiger partial charge < -0.3 is 4.57 Å². The minimum atomic E-state index is 0.924. The monoisotopic (exact) mass is 435 g/mol. The lowest BCUT2D eigenvalue weighted by Gasteiger charge is -2.10. The summed E-state index contributed by atoms with van der Waals surface area (Å²) in [6, 6.07) is 40.5. The van der Waals surface area contributed by atoms with E-state index in [4.69, 9.17) is 4.98 Å². The number of hydrogen-bond acceptors (Lipinski definition) is 1. The van der Waals surface area contributed by atoms with E-state index in [1.165, 1.54) is 32.8 Å². The maximum Gasteiger partial charge on any atom is 0.138 e. The maximum absolute atomic E-state index is 4.84. The van der Waals surface area contributed by atoms with E-state index in [1.807, 2.05) is 12.3 Å². The van der Waals surface area contributed by atoms with Crippen LogP contribution < -0.4 is 0 Å². The fourth-order valence-corrected chi connectivity index (χ4v) is 5.08. The summed E-state index contributed by atoms with van der Waals surface area (Å²) in [4.78, 5) is 4.84. The van der Waals surface area contributed by atoms with Gasteiger partial charge in [-0.05, 0) is 53.6 Å². The van der Waals surface area contributed by atoms with Crippen molar-refractivity contribution in [3.63, 3.8) is 0 Å². The highest BCUT2D eigenvalue weighted by Crippen LogP contribution is 2.37. The minimum absolute atomic E-state index is 0.924. The molecular weight excluding hydrogens is 414 g/mol. The summed E-state index contributed by atoms with van der Waals surface area (Å²) >= 11 is 0. The maximum atomic E-state index is 4.84. The summed E-state index contributed by atoms with van der Waals surface area (Å²) in [7, 11) is 0. The summed E-state index contributed by atoms with van der Waals surface area (Å²) in [5, 5.41) is 3.68. The van der Waals surface area contributed by atoms with Crippen LogP contribution in [0.2, 0.25) is 0 Å². The fourth-order valence-electron chi connectivity index (χ4n) is 5.08. The largest absolute Gasteiger partial charge is 0.316 e. The van der Waals surface area contributed by atoms with Crippen LogP contribution >= 0.6 is 0 Å². The molecule has 0 aliphatic heterocycles. The van der Waals surface area contributed by atoms with Crippen molar-refractivity contribution in [1.29, 1.82) is 0 Å². The summed E-state index contributed by atoms with van der Waals surface area (Å²) in [5.41, 5.74) is 7.03. The van der Waals surface area contributed by atoms with E-state index in [-0.39, 0.29) is 0 Å². The number of para-hydroxylation sites is 2. The van der Waals surface area contributed by atoms with Gasteiger partial charge in [0.2, 0.25) is 0 Å². The van der Waals surface area contributed by atoms with E-state index in [9.17, 15) is 0 Å². The highest BCUT2D eigenvalue weighted by atomic mass is 15.1. The zero-order valence-electron chi connectivity index (χ0n) is 18.5. The summed E-state index contributed by atoms with van der Waals surface area (Å²) in [5.74, 6) is 0.924. The molecule has 3 nitrogen and oxygen atoms in total. The molecule has 0 bridgehead atoms. The number of nitrogens with zero attached hydrogens (tertiary/aromatic N) is 3. The van der Waals surface area contributed by atoms with Crippen molar-refractivity contribution >= 4 is 32.7 Å². The third-order valence-electron chi connectivity index (χ3n) is 6.62. The minimum Gasteiger partial charge on any atom is -0.316 e. The second kappa shape index (κ2) is 7.46. The molecule has 0 atom stereocenters. The molecule has 0 radical (unpaired) electrons. The van der Waals surface area contributed by atoms with Crippen LogP contribution in [0.3, 0.4) is 0 Å². The van der Waals surface area contributed by atoms with Gasteiger partial charge in [0.1, 0.15) is 5.82 Å². The lowest BCUT2D eigenvalue weighted by atomic mass is 10.1. The van der Waals surface area contributed by atoms with E-state index >= 15 is 0 Å². The first kappa shape index (κ1) is 18.9. The molecule has 4 aromatic carbocycles. The van der Waals surface area contributed by atoms with E-state index < -0.39 is 0 Å². The van der Waals surface area contributed by atoms with Crippen molar-refractivity contribution < 1.29 is 0 Å². The number of aromatic nitrogens is 3. The van der Waals surface area contributed by atoms with Crippen molar-refractivity contribution in [3.05, 3.63) is 128 Å². The normalized spacial score (nSPS) is 11.5. The van der Waals surface area contributed by atoms with Crippen molar-refractivity contribution in [1.82, 2.24) is 14.1 Å². The van der Waals surface area contributed by atoms with Crippen LogP contribution in [-0.4, -0.2) is 14.1 Å². The topological polar surface area (TPSA) is 22.8 Å². The smallest absolute Gasteiger partial charge is 0.138 e. The van der Waals surface area contributed by atoms with Crippen molar-refractivity contribution in [3.8, 4) is 22.6 Å². The van der Waals surface area contributed by atoms with Crippen LogP contribution in [0.25, 0.3) is 55.3 Å². The molecule has 160 valence electrons. The molecule has 7 aromatic rings. The second-order valence-corrected chi connectivity index (χ2v) is 8.54. The average Bonchev–Trinajstić information content (AvgIpc) is 3.49. The van der Waals surface area contributed by atoms with Crippen LogP contribution in [0.4, 0.5) is 0 Å². The van der Waals surface area contributed by atoms with E-state index in [0.29, 0.717) is 0 Å². The number of fused-ring (bicyclic) bond motifs is 5. The predicted octanol–water partition coefficient (Wildman–Crippen LogP) is 7.79. The number of pyridine rings is 1. The zero-order valence-corrected chi connectivity index (χ0v) is 18.5. The van der Waals surface area contributed by atoms with E-state index in [0.717, 1.165) is 22.6 Å². The molecule has 34 heavy (non-hydrogen) atoms. The molecule has 3 aromatic heterocycles. The standard InChI is InChI=1S/C31H21N3/c1-3-9-22(10-4-1)23-17-19-32-30(21-23)34-29-14-8-7-13-25(29)26-15-16-28-27(31(26)34)18-20-33(28)24-11-5-2-6-12-24/h1-21H. The average molecular weight is 436 g/mol. The first-order valence-corrected chi connectivity index (χ1v) is 11.5. The summed E-state index contributed by atoms with van der Waals surface area (Å²) in [6.45, 7) is 0. The Labute approximate surface area is 197 Å². The van der Waals surface area contributed by atoms with Gasteiger partial charge in [-0.25, -0.2) is 4.98 Å². The molecule has 0 amide bonds. The highest BCUT2D eigenvalue weighted by Gasteiger charge is 2.17. The molecule has 3 heteroatoms. The number of benzene rings is 4. The van der Waals surface area contributed by atoms with Crippen LogP contribution in [-0.2, 0) is 0 Å². The number of rotatable bonds is 3. The Balaban J connectivity index is 1.56. The third kappa shape index (κ3) is 2.81. The van der Waals surface area contributed by atoms with Gasteiger partial charge in [-0.1, -0.05) is 72.8 Å². The van der Waals surface area contributed by atoms with Gasteiger partial charge in [0.15, 0.2) is 0 Å². The lowest BCUT2D eigenvalue weighted by Crippen LogP contribution is -1.98.